The smallest absolute Gasteiger partial charge is 0.232 e. The predicted octanol–water partition coefficient (Wildman–Crippen LogP) is 1.47. The van der Waals surface area contributed by atoms with Gasteiger partial charge in [0.25, 0.3) is 0 Å². The summed E-state index contributed by atoms with van der Waals surface area (Å²) >= 11 is 0. The van der Waals surface area contributed by atoms with Gasteiger partial charge in [-0.25, -0.2) is 4.98 Å². The zero-order valence-electron chi connectivity index (χ0n) is 11.6. The lowest BCUT2D eigenvalue weighted by atomic mass is 10.2. The monoisotopic (exact) mass is 253 g/mol. The van der Waals surface area contributed by atoms with Gasteiger partial charge in [0.1, 0.15) is 6.61 Å². The number of hydrogen-bond donors (Lipinski definition) is 1. The van der Waals surface area contributed by atoms with Gasteiger partial charge in [-0.3, -0.25) is 9.88 Å². The molecule has 0 bridgehead atoms. The lowest BCUT2D eigenvalue weighted by Gasteiger charge is -2.30. The first kappa shape index (κ1) is 14.9. The Morgan fingerprint density at radius 3 is 2.28 bits per heavy atom. The molecule has 0 amide bonds. The van der Waals surface area contributed by atoms with Gasteiger partial charge in [0, 0.05) is 18.6 Å². The van der Waals surface area contributed by atoms with Crippen molar-refractivity contribution in [2.24, 2.45) is 0 Å². The minimum Gasteiger partial charge on any atom is -0.475 e. The molecule has 0 saturated heterocycles. The van der Waals surface area contributed by atoms with Crippen LogP contribution in [0.4, 0.5) is 0 Å². The highest BCUT2D eigenvalue weighted by Crippen LogP contribution is 2.07. The molecule has 0 saturated carbocycles. The zero-order valence-corrected chi connectivity index (χ0v) is 11.6. The standard InChI is InChI=1S/C13H23N3O2/c1-10(2)16(11(3)4)5-6-18-13-8-14-12(9-17)7-15-13/h7-8,10-11,17H,5-6,9H2,1-4H3. The van der Waals surface area contributed by atoms with Crippen LogP contribution < -0.4 is 4.74 Å². The first-order chi connectivity index (χ1) is 8.54. The summed E-state index contributed by atoms with van der Waals surface area (Å²) in [6.07, 6.45) is 3.07. The first-order valence-corrected chi connectivity index (χ1v) is 6.35. The van der Waals surface area contributed by atoms with Gasteiger partial charge in [-0.15, -0.1) is 0 Å². The van der Waals surface area contributed by atoms with Crippen molar-refractivity contribution in [1.82, 2.24) is 14.9 Å². The molecule has 0 radical (unpaired) electrons. The van der Waals surface area contributed by atoms with Crippen molar-refractivity contribution in [3.05, 3.63) is 18.1 Å². The van der Waals surface area contributed by atoms with Gasteiger partial charge in [-0.2, -0.15) is 0 Å². The average Bonchev–Trinajstić information content (AvgIpc) is 2.34. The maximum absolute atomic E-state index is 8.85. The number of rotatable bonds is 7. The molecule has 1 rings (SSSR count). The summed E-state index contributed by atoms with van der Waals surface area (Å²) in [5.41, 5.74) is 0.549. The SMILES string of the molecule is CC(C)N(CCOc1cnc(CO)cn1)C(C)C. The fraction of sp³-hybridized carbons (Fsp3) is 0.692. The highest BCUT2D eigenvalue weighted by molar-refractivity contribution is 5.06. The average molecular weight is 253 g/mol. The number of hydrogen-bond acceptors (Lipinski definition) is 5. The topological polar surface area (TPSA) is 58.5 Å². The first-order valence-electron chi connectivity index (χ1n) is 6.35. The van der Waals surface area contributed by atoms with E-state index in [2.05, 4.69) is 42.6 Å². The molecule has 0 aliphatic carbocycles. The van der Waals surface area contributed by atoms with Crippen molar-refractivity contribution >= 4 is 0 Å². The van der Waals surface area contributed by atoms with Gasteiger partial charge < -0.3 is 9.84 Å². The van der Waals surface area contributed by atoms with Crippen LogP contribution in [0.25, 0.3) is 0 Å². The number of ether oxygens (including phenoxy) is 1. The van der Waals surface area contributed by atoms with Crippen LogP contribution in [0.15, 0.2) is 12.4 Å². The predicted molar refractivity (Wildman–Crippen MR) is 70.4 cm³/mol. The molecule has 18 heavy (non-hydrogen) atoms. The van der Waals surface area contributed by atoms with Crippen LogP contribution in [0.5, 0.6) is 5.88 Å². The Morgan fingerprint density at radius 2 is 1.83 bits per heavy atom. The molecule has 1 heterocycles. The van der Waals surface area contributed by atoms with E-state index in [0.717, 1.165) is 6.54 Å². The molecule has 0 aromatic carbocycles. The highest BCUT2D eigenvalue weighted by Gasteiger charge is 2.12. The number of aliphatic hydroxyl groups is 1. The summed E-state index contributed by atoms with van der Waals surface area (Å²) in [7, 11) is 0. The summed E-state index contributed by atoms with van der Waals surface area (Å²) in [5, 5.41) is 8.85. The third-order valence-corrected chi connectivity index (χ3v) is 2.77. The summed E-state index contributed by atoms with van der Waals surface area (Å²) in [4.78, 5) is 10.4. The second-order valence-electron chi connectivity index (χ2n) is 4.78. The minimum atomic E-state index is -0.0955. The lowest BCUT2D eigenvalue weighted by molar-refractivity contribution is 0.140. The minimum absolute atomic E-state index is 0.0955. The summed E-state index contributed by atoms with van der Waals surface area (Å²) in [6, 6.07) is 0.993. The van der Waals surface area contributed by atoms with Crippen LogP contribution in [0.3, 0.4) is 0 Å². The van der Waals surface area contributed by atoms with Crippen molar-refractivity contribution in [3.63, 3.8) is 0 Å². The Bertz CT molecular complexity index is 331. The molecule has 0 atom stereocenters. The van der Waals surface area contributed by atoms with E-state index in [9.17, 15) is 0 Å². The van der Waals surface area contributed by atoms with Crippen LogP contribution in [0.2, 0.25) is 0 Å². The quantitative estimate of drug-likeness (QED) is 0.797. The van der Waals surface area contributed by atoms with E-state index in [1.165, 1.54) is 6.20 Å². The van der Waals surface area contributed by atoms with Gasteiger partial charge in [0.05, 0.1) is 24.7 Å². The second-order valence-corrected chi connectivity index (χ2v) is 4.78. The molecular formula is C13H23N3O2. The normalized spacial score (nSPS) is 11.6. The summed E-state index contributed by atoms with van der Waals surface area (Å²) in [5.74, 6) is 0.500. The van der Waals surface area contributed by atoms with E-state index in [1.54, 1.807) is 6.20 Å². The van der Waals surface area contributed by atoms with Crippen LogP contribution >= 0.6 is 0 Å². The molecule has 0 spiro atoms. The molecule has 0 fully saturated rings. The number of aromatic nitrogens is 2. The molecule has 0 aliphatic rings. The molecule has 102 valence electrons. The summed E-state index contributed by atoms with van der Waals surface area (Å²) in [6.45, 7) is 10.1. The Hall–Kier alpha value is -1.20. The molecule has 1 aromatic rings. The van der Waals surface area contributed by atoms with Crippen LogP contribution in [-0.4, -0.2) is 45.2 Å². The van der Waals surface area contributed by atoms with Crippen molar-refractivity contribution in [3.8, 4) is 5.88 Å². The number of nitrogens with zero attached hydrogens (tertiary/aromatic N) is 3. The van der Waals surface area contributed by atoms with E-state index in [-0.39, 0.29) is 6.61 Å². The van der Waals surface area contributed by atoms with Crippen LogP contribution in [0.1, 0.15) is 33.4 Å². The fourth-order valence-corrected chi connectivity index (χ4v) is 1.87. The molecule has 0 aliphatic heterocycles. The van der Waals surface area contributed by atoms with Gasteiger partial charge in [-0.05, 0) is 27.7 Å². The van der Waals surface area contributed by atoms with Gasteiger partial charge in [0.15, 0.2) is 0 Å². The van der Waals surface area contributed by atoms with E-state index < -0.39 is 0 Å². The Labute approximate surface area is 109 Å². The zero-order chi connectivity index (χ0) is 13.5. The van der Waals surface area contributed by atoms with Gasteiger partial charge >= 0.3 is 0 Å². The maximum atomic E-state index is 8.85. The van der Waals surface area contributed by atoms with Crippen molar-refractivity contribution < 1.29 is 9.84 Å². The van der Waals surface area contributed by atoms with E-state index in [4.69, 9.17) is 9.84 Å². The van der Waals surface area contributed by atoms with Crippen molar-refractivity contribution in [2.45, 2.75) is 46.4 Å². The molecule has 5 nitrogen and oxygen atoms in total. The van der Waals surface area contributed by atoms with Crippen LogP contribution in [0, 0.1) is 0 Å². The second kappa shape index (κ2) is 7.28. The van der Waals surface area contributed by atoms with E-state index in [1.807, 2.05) is 0 Å². The van der Waals surface area contributed by atoms with Crippen LogP contribution in [-0.2, 0) is 6.61 Å². The van der Waals surface area contributed by atoms with E-state index in [0.29, 0.717) is 30.3 Å². The Balaban J connectivity index is 2.40. The molecule has 1 N–H and O–H groups in total. The Morgan fingerprint density at radius 1 is 1.17 bits per heavy atom. The molecule has 1 aromatic heterocycles. The summed E-state index contributed by atoms with van der Waals surface area (Å²) < 4.78 is 5.54. The third-order valence-electron chi connectivity index (χ3n) is 2.77. The van der Waals surface area contributed by atoms with Crippen molar-refractivity contribution in [2.75, 3.05) is 13.2 Å². The van der Waals surface area contributed by atoms with Gasteiger partial charge in [-0.1, -0.05) is 0 Å². The highest BCUT2D eigenvalue weighted by atomic mass is 16.5. The molecular weight excluding hydrogens is 230 g/mol. The van der Waals surface area contributed by atoms with Crippen molar-refractivity contribution in [1.29, 1.82) is 0 Å². The number of aliphatic hydroxyl groups excluding tert-OH is 1. The molecule has 5 heteroatoms. The lowest BCUT2D eigenvalue weighted by Crippen LogP contribution is -2.39. The van der Waals surface area contributed by atoms with Gasteiger partial charge in [0.2, 0.25) is 5.88 Å². The van der Waals surface area contributed by atoms with E-state index >= 15 is 0 Å². The Kier molecular flexibility index (Phi) is 6.01. The molecule has 0 unspecified atom stereocenters. The third kappa shape index (κ3) is 4.58. The maximum Gasteiger partial charge on any atom is 0.232 e. The fourth-order valence-electron chi connectivity index (χ4n) is 1.87. The largest absolute Gasteiger partial charge is 0.475 e.